The van der Waals surface area contributed by atoms with Crippen molar-refractivity contribution in [1.82, 2.24) is 0 Å². The highest BCUT2D eigenvalue weighted by atomic mass is 14.6. The molecule has 0 N–H and O–H groups in total. The number of allylic oxidation sites excluding steroid dienone is 4. The van der Waals surface area contributed by atoms with E-state index in [2.05, 4.69) is 32.9 Å². The summed E-state index contributed by atoms with van der Waals surface area (Å²) in [5.74, 6) is 2.85. The molecule has 0 saturated heterocycles. The van der Waals surface area contributed by atoms with Crippen LogP contribution < -0.4 is 0 Å². The normalized spacial score (nSPS) is 50.6. The molecule has 0 amide bonds. The molecule has 0 aromatic carbocycles. The molecule has 0 spiro atoms. The third-order valence-electron chi connectivity index (χ3n) is 7.38. The van der Waals surface area contributed by atoms with E-state index in [0.29, 0.717) is 10.8 Å². The van der Waals surface area contributed by atoms with Gasteiger partial charge >= 0.3 is 0 Å². The molecule has 0 bridgehead atoms. The molecular formula is C20H30. The van der Waals surface area contributed by atoms with Crippen LogP contribution in [0.15, 0.2) is 23.3 Å². The van der Waals surface area contributed by atoms with E-state index in [-0.39, 0.29) is 0 Å². The number of rotatable bonds is 0. The lowest BCUT2D eigenvalue weighted by molar-refractivity contribution is 0.120. The molecule has 110 valence electrons. The van der Waals surface area contributed by atoms with Crippen molar-refractivity contribution in [2.75, 3.05) is 0 Å². The molecule has 0 nitrogen and oxygen atoms in total. The molecule has 0 aliphatic heterocycles. The summed E-state index contributed by atoms with van der Waals surface area (Å²) in [4.78, 5) is 0. The zero-order valence-electron chi connectivity index (χ0n) is 13.5. The Morgan fingerprint density at radius 2 is 2.05 bits per heavy atom. The van der Waals surface area contributed by atoms with Crippen molar-refractivity contribution in [3.8, 4) is 0 Å². The van der Waals surface area contributed by atoms with E-state index in [4.69, 9.17) is 0 Å². The van der Waals surface area contributed by atoms with Crippen LogP contribution in [0.1, 0.15) is 72.1 Å². The fraction of sp³-hybridized carbons (Fsp3) is 0.800. The molecule has 4 aliphatic rings. The van der Waals surface area contributed by atoms with Gasteiger partial charge in [-0.05, 0) is 74.5 Å². The zero-order valence-corrected chi connectivity index (χ0v) is 13.5. The maximum atomic E-state index is 2.71. The summed E-state index contributed by atoms with van der Waals surface area (Å²) in [7, 11) is 0. The van der Waals surface area contributed by atoms with Gasteiger partial charge in [-0.25, -0.2) is 0 Å². The molecule has 0 aromatic heterocycles. The van der Waals surface area contributed by atoms with Gasteiger partial charge in [-0.15, -0.1) is 0 Å². The Hall–Kier alpha value is -0.520. The minimum absolute atomic E-state index is 0.453. The Kier molecular flexibility index (Phi) is 2.79. The summed E-state index contributed by atoms with van der Waals surface area (Å²) < 4.78 is 0. The van der Waals surface area contributed by atoms with Crippen LogP contribution in [-0.2, 0) is 0 Å². The summed E-state index contributed by atoms with van der Waals surface area (Å²) in [6.07, 6.45) is 16.6. The minimum atomic E-state index is 0.453. The molecule has 0 unspecified atom stereocenters. The first-order chi connectivity index (χ1) is 9.53. The second kappa shape index (κ2) is 4.24. The summed E-state index contributed by atoms with van der Waals surface area (Å²) >= 11 is 0. The first kappa shape index (κ1) is 13.2. The summed E-state index contributed by atoms with van der Waals surface area (Å²) in [5.41, 5.74) is 4.74. The van der Waals surface area contributed by atoms with Gasteiger partial charge in [0.2, 0.25) is 0 Å². The van der Waals surface area contributed by atoms with Gasteiger partial charge in [-0.1, -0.05) is 44.1 Å². The van der Waals surface area contributed by atoms with Gasteiger partial charge in [0.15, 0.2) is 0 Å². The predicted molar refractivity (Wildman–Crippen MR) is 85.5 cm³/mol. The van der Waals surface area contributed by atoms with Crippen LogP contribution in [0.25, 0.3) is 0 Å². The van der Waals surface area contributed by atoms with Crippen LogP contribution in [0.4, 0.5) is 0 Å². The van der Waals surface area contributed by atoms with Crippen LogP contribution in [0.3, 0.4) is 0 Å². The van der Waals surface area contributed by atoms with E-state index in [9.17, 15) is 0 Å². The van der Waals surface area contributed by atoms with Gasteiger partial charge in [0.1, 0.15) is 0 Å². The Balaban J connectivity index is 1.75. The molecule has 0 radical (unpaired) electrons. The topological polar surface area (TPSA) is 0 Å². The van der Waals surface area contributed by atoms with Gasteiger partial charge in [0.25, 0.3) is 0 Å². The first-order valence-corrected chi connectivity index (χ1v) is 8.93. The van der Waals surface area contributed by atoms with Crippen molar-refractivity contribution < 1.29 is 0 Å². The Labute approximate surface area is 124 Å². The lowest BCUT2D eigenvalue weighted by atomic mass is 9.52. The van der Waals surface area contributed by atoms with Crippen LogP contribution in [-0.4, -0.2) is 0 Å². The lowest BCUT2D eigenvalue weighted by Crippen LogP contribution is -2.42. The summed E-state index contributed by atoms with van der Waals surface area (Å²) in [6, 6.07) is 0. The van der Waals surface area contributed by atoms with E-state index in [1.54, 1.807) is 5.57 Å². The van der Waals surface area contributed by atoms with E-state index in [1.165, 1.54) is 51.4 Å². The zero-order chi connectivity index (χ0) is 14.0. The highest BCUT2D eigenvalue weighted by molar-refractivity contribution is 5.38. The highest BCUT2D eigenvalue weighted by Gasteiger charge is 2.53. The lowest BCUT2D eigenvalue weighted by Gasteiger charge is -2.52. The molecule has 0 heteroatoms. The third kappa shape index (κ3) is 1.66. The second-order valence-corrected chi connectivity index (χ2v) is 8.77. The standard InChI is InChI=1S/C20H30/c1-14-12-18-16-8-7-15-6-4-5-10-20(15,3)17(16)9-11-19(18,2)13-14/h6,9,14,16,18H,4-5,7-8,10-13H2,1-3H3/t14-,16-,18+,19-,20+/m1/s1. The highest BCUT2D eigenvalue weighted by Crippen LogP contribution is 2.63. The van der Waals surface area contributed by atoms with Crippen molar-refractivity contribution in [3.05, 3.63) is 23.3 Å². The van der Waals surface area contributed by atoms with Crippen molar-refractivity contribution in [1.29, 1.82) is 0 Å². The Morgan fingerprint density at radius 1 is 1.20 bits per heavy atom. The molecule has 20 heavy (non-hydrogen) atoms. The summed E-state index contributed by atoms with van der Waals surface area (Å²) in [6.45, 7) is 7.64. The van der Waals surface area contributed by atoms with Crippen molar-refractivity contribution >= 4 is 0 Å². The Bertz CT molecular complexity index is 482. The number of hydrogen-bond acceptors (Lipinski definition) is 0. The molecule has 4 aliphatic carbocycles. The van der Waals surface area contributed by atoms with Gasteiger partial charge in [-0.3, -0.25) is 0 Å². The smallest absolute Gasteiger partial charge is 0.00952 e. The van der Waals surface area contributed by atoms with E-state index >= 15 is 0 Å². The monoisotopic (exact) mass is 270 g/mol. The molecule has 2 saturated carbocycles. The van der Waals surface area contributed by atoms with Gasteiger partial charge < -0.3 is 0 Å². The Morgan fingerprint density at radius 3 is 2.90 bits per heavy atom. The predicted octanol–water partition coefficient (Wildman–Crippen LogP) is 5.90. The fourth-order valence-electron chi connectivity index (χ4n) is 6.47. The first-order valence-electron chi connectivity index (χ1n) is 8.93. The molecule has 4 rings (SSSR count). The van der Waals surface area contributed by atoms with Crippen molar-refractivity contribution in [3.63, 3.8) is 0 Å². The van der Waals surface area contributed by atoms with Crippen LogP contribution in [0.2, 0.25) is 0 Å². The second-order valence-electron chi connectivity index (χ2n) is 8.77. The van der Waals surface area contributed by atoms with E-state index in [1.807, 2.05) is 5.57 Å². The molecule has 0 aromatic rings. The minimum Gasteiger partial charge on any atom is -0.0845 e. The van der Waals surface area contributed by atoms with Crippen LogP contribution in [0.5, 0.6) is 0 Å². The summed E-state index contributed by atoms with van der Waals surface area (Å²) in [5, 5.41) is 0. The SMILES string of the molecule is C[C@@H]1C[C@H]2[C@@H]3CCC4=CCCC[C@]4(C)C3=CC[C@]2(C)C1. The van der Waals surface area contributed by atoms with Crippen molar-refractivity contribution in [2.45, 2.75) is 72.1 Å². The molecule has 0 heterocycles. The van der Waals surface area contributed by atoms with Crippen LogP contribution in [0, 0.1) is 28.6 Å². The third-order valence-corrected chi connectivity index (χ3v) is 7.38. The fourth-order valence-corrected chi connectivity index (χ4v) is 6.47. The average molecular weight is 270 g/mol. The maximum absolute atomic E-state index is 2.71. The number of hydrogen-bond donors (Lipinski definition) is 0. The van der Waals surface area contributed by atoms with Gasteiger partial charge in [0, 0.05) is 5.41 Å². The molecular weight excluding hydrogens is 240 g/mol. The van der Waals surface area contributed by atoms with E-state index < -0.39 is 0 Å². The van der Waals surface area contributed by atoms with Gasteiger partial charge in [0.05, 0.1) is 0 Å². The van der Waals surface area contributed by atoms with E-state index in [0.717, 1.165) is 17.8 Å². The number of fused-ring (bicyclic) bond motifs is 5. The van der Waals surface area contributed by atoms with Crippen molar-refractivity contribution in [2.24, 2.45) is 28.6 Å². The molecule has 2 fully saturated rings. The average Bonchev–Trinajstić information content (AvgIpc) is 2.72. The van der Waals surface area contributed by atoms with Gasteiger partial charge in [-0.2, -0.15) is 0 Å². The largest absolute Gasteiger partial charge is 0.0845 e. The maximum Gasteiger partial charge on any atom is 0.00952 e. The quantitative estimate of drug-likeness (QED) is 0.481. The molecule has 5 atom stereocenters. The van der Waals surface area contributed by atoms with Crippen LogP contribution >= 0.6 is 0 Å².